The minimum Gasteiger partial charge on any atom is -0.468 e. The van der Waals surface area contributed by atoms with Crippen LogP contribution >= 0.6 is 15.5 Å². The maximum Gasteiger partial charge on any atom is 0.459 e. The minimum atomic E-state index is -4.27. The molecule has 3 aliphatic rings. The topological polar surface area (TPSA) is 391 Å². The van der Waals surface area contributed by atoms with E-state index in [9.17, 15) is 43.3 Å². The van der Waals surface area contributed by atoms with Crippen LogP contribution in [0.15, 0.2) is 117 Å². The van der Waals surface area contributed by atoms with Crippen molar-refractivity contribution >= 4 is 33.3 Å². The molecular formula is C41H52N12O17P2. The number of aromatic amines is 1. The predicted octanol–water partition coefficient (Wildman–Crippen LogP) is 3.13. The number of aliphatic hydroxyl groups is 2. The molecule has 0 aliphatic carbocycles. The number of carbonyl (C=O) groups excluding carboxylic acids is 3. The second kappa shape index (κ2) is 24.1. The molecular weight excluding hydrogens is 994 g/mol. The lowest BCUT2D eigenvalue weighted by Gasteiger charge is -2.37. The Morgan fingerprint density at radius 3 is 1.67 bits per heavy atom. The van der Waals surface area contributed by atoms with Gasteiger partial charge >= 0.3 is 33.1 Å². The first-order valence-electron chi connectivity index (χ1n) is 21.3. The number of methoxy groups -OCH3 is 2. The third-order valence-corrected chi connectivity index (χ3v) is 14.2. The molecule has 6 rings (SSSR count). The van der Waals surface area contributed by atoms with Crippen LogP contribution in [-0.4, -0.2) is 124 Å². The molecule has 3 aliphatic heterocycles. The van der Waals surface area contributed by atoms with Gasteiger partial charge < -0.3 is 48.4 Å². The van der Waals surface area contributed by atoms with Crippen molar-refractivity contribution in [3.05, 3.63) is 139 Å². The largest absolute Gasteiger partial charge is 0.468 e. The molecule has 4 heterocycles. The van der Waals surface area contributed by atoms with E-state index in [1.165, 1.54) is 64.1 Å². The zero-order chi connectivity index (χ0) is 53.0. The Hall–Kier alpha value is -6.83. The zero-order valence-corrected chi connectivity index (χ0v) is 41.1. The van der Waals surface area contributed by atoms with Crippen LogP contribution in [0.25, 0.3) is 20.9 Å². The molecule has 1 aromatic heterocycles. The van der Waals surface area contributed by atoms with Crippen molar-refractivity contribution in [2.24, 2.45) is 10.2 Å². The summed E-state index contributed by atoms with van der Waals surface area (Å²) < 4.78 is 71.2. The summed E-state index contributed by atoms with van der Waals surface area (Å²) in [5, 5.41) is 36.8. The predicted molar refractivity (Wildman–Crippen MR) is 250 cm³/mol. The average Bonchev–Trinajstić information content (AvgIpc) is 3.73. The highest BCUT2D eigenvalue weighted by atomic mass is 31.2. The Morgan fingerprint density at radius 2 is 1.25 bits per heavy atom. The molecule has 0 unspecified atom stereocenters. The van der Waals surface area contributed by atoms with Crippen LogP contribution in [-0.2, 0) is 51.5 Å². The van der Waals surface area contributed by atoms with Gasteiger partial charge in [-0.25, -0.2) is 13.9 Å². The number of amides is 1. The third-order valence-electron chi connectivity index (χ3n) is 10.9. The summed E-state index contributed by atoms with van der Waals surface area (Å²) in [4.78, 5) is 68.2. The molecule has 72 heavy (non-hydrogen) atoms. The van der Waals surface area contributed by atoms with Gasteiger partial charge in [-0.1, -0.05) is 53.2 Å². The fourth-order valence-electron chi connectivity index (χ4n) is 7.18. The van der Waals surface area contributed by atoms with Crippen LogP contribution in [0.3, 0.4) is 0 Å². The first kappa shape index (κ1) is 56.1. The highest BCUT2D eigenvalue weighted by molar-refractivity contribution is 7.52. The summed E-state index contributed by atoms with van der Waals surface area (Å²) in [6.45, 7) is 8.28. The summed E-state index contributed by atoms with van der Waals surface area (Å²) in [6.07, 6.45) is -4.15. The zero-order valence-electron chi connectivity index (χ0n) is 39.3. The van der Waals surface area contributed by atoms with Crippen molar-refractivity contribution in [3.63, 3.8) is 0 Å². The minimum absolute atomic E-state index is 0.132. The molecule has 12 atom stereocenters. The number of nitrogens with one attached hydrogen (secondary N) is 4. The van der Waals surface area contributed by atoms with Gasteiger partial charge in [-0.3, -0.25) is 37.8 Å². The summed E-state index contributed by atoms with van der Waals surface area (Å²) in [7, 11) is -6.16. The van der Waals surface area contributed by atoms with Crippen LogP contribution in [0, 0.1) is 0 Å². The van der Waals surface area contributed by atoms with E-state index in [0.29, 0.717) is 0 Å². The monoisotopic (exact) mass is 1050 g/mol. The average molecular weight is 1050 g/mol. The van der Waals surface area contributed by atoms with E-state index in [4.69, 9.17) is 38.6 Å². The van der Waals surface area contributed by atoms with Gasteiger partial charge in [0, 0.05) is 34.4 Å². The summed E-state index contributed by atoms with van der Waals surface area (Å²) in [5.41, 5.74) is 13.4. The number of carbonyl (C=O) groups is 3. The molecule has 0 saturated carbocycles. The smallest absolute Gasteiger partial charge is 0.459 e. The number of para-hydroxylation sites is 2. The summed E-state index contributed by atoms with van der Waals surface area (Å²) in [6, 6.07) is 15.0. The number of nitrogens with zero attached hydrogens (tertiary/aromatic N) is 8. The Bertz CT molecular complexity index is 2790. The van der Waals surface area contributed by atoms with E-state index in [-0.39, 0.29) is 17.3 Å². The fraction of sp³-hybridized carbons (Fsp3) is 0.439. The van der Waals surface area contributed by atoms with Crippen molar-refractivity contribution in [2.75, 3.05) is 27.4 Å². The SMILES string of the molecule is C=C1NC(=O)C=CN1[C@@H]1O[C@H](CO[P@@](=O)(N[C@@H](C)C(=O)OC)Oc2ccccc2)[C@@H](O)[C@@]1(C)N=[N+]=[N-].COC(=O)[C@H](C)N[P@@](=O)(OC[C@H]1O[C@@H](n2ccc(=O)[nH]c2=O)[C@](C)(N=[N+]=[N-])[C@@H]1O)Oc1ccccc1. The van der Waals surface area contributed by atoms with Gasteiger partial charge in [-0.2, -0.15) is 10.2 Å². The first-order chi connectivity index (χ1) is 34.0. The fourth-order valence-corrected chi connectivity index (χ4v) is 10.2. The van der Waals surface area contributed by atoms with E-state index in [1.807, 2.05) is 0 Å². The molecule has 3 aromatic rings. The standard InChI is InChI=1S/C21H27N6O8P.C20H25N6O9P/c1-13(19(30)32-4)24-36(31,35-15-8-6-5-7-9-15)33-12-16-18(29)21(3,25-26-22)20(34-16)27-11-10-17(28)23-14(27)2;1-12(17(29)32-3)23-36(31,35-13-7-5-4-6-8-13)33-11-14-16(28)20(2,24-25-21)18(34-14)26-10-9-15(27)22-19(26)30/h5-11,13,16,18,20,29H,2,12H2,1,3-4H3,(H,23,28)(H,24,31);4-10,12,14,16,18,28H,11H2,1-3H3,(H,23,31)(H,22,27,30)/t13-,16+,18+,20+,21+,36-;12-,14+,16+,18+,20+,36+/m00/s1. The number of esters is 2. The lowest BCUT2D eigenvalue weighted by molar-refractivity contribution is -0.143. The lowest BCUT2D eigenvalue weighted by atomic mass is 9.92. The van der Waals surface area contributed by atoms with Crippen LogP contribution in [0.4, 0.5) is 0 Å². The number of ether oxygens (including phenoxy) is 4. The van der Waals surface area contributed by atoms with Gasteiger partial charge in [-0.15, -0.1) is 0 Å². The second-order valence-corrected chi connectivity index (χ2v) is 19.5. The molecule has 1 amide bonds. The van der Waals surface area contributed by atoms with Crippen molar-refractivity contribution in [1.82, 2.24) is 29.9 Å². The van der Waals surface area contributed by atoms with E-state index >= 15 is 0 Å². The molecule has 31 heteroatoms. The molecule has 2 saturated heterocycles. The van der Waals surface area contributed by atoms with E-state index in [1.54, 1.807) is 48.5 Å². The Labute approximate surface area is 409 Å². The number of azide groups is 2. The van der Waals surface area contributed by atoms with Gasteiger partial charge in [-0.05, 0) is 63.0 Å². The summed E-state index contributed by atoms with van der Waals surface area (Å²) >= 11 is 0. The van der Waals surface area contributed by atoms with Gasteiger partial charge in [0.1, 0.15) is 58.9 Å². The van der Waals surface area contributed by atoms with E-state index in [0.717, 1.165) is 23.9 Å². The number of benzene rings is 2. The Balaban J connectivity index is 0.000000267. The molecule has 29 nitrogen and oxygen atoms in total. The van der Waals surface area contributed by atoms with Gasteiger partial charge in [0.25, 0.3) is 11.5 Å². The molecule has 6 N–H and O–H groups in total. The van der Waals surface area contributed by atoms with Crippen molar-refractivity contribution in [2.45, 2.75) is 87.7 Å². The van der Waals surface area contributed by atoms with Crippen LogP contribution < -0.4 is 35.8 Å². The van der Waals surface area contributed by atoms with E-state index < -0.39 is 118 Å². The number of hydrogen-bond acceptors (Lipinski definition) is 20. The van der Waals surface area contributed by atoms with Crippen LogP contribution in [0.1, 0.15) is 33.9 Å². The van der Waals surface area contributed by atoms with Crippen molar-refractivity contribution in [3.8, 4) is 11.5 Å². The highest BCUT2D eigenvalue weighted by Gasteiger charge is 2.57. The Morgan fingerprint density at radius 1 is 0.806 bits per heavy atom. The van der Waals surface area contributed by atoms with Crippen molar-refractivity contribution in [1.29, 1.82) is 0 Å². The number of aliphatic hydroxyl groups excluding tert-OH is 2. The number of H-pyrrole nitrogens is 1. The molecule has 2 fully saturated rings. The van der Waals surface area contributed by atoms with Gasteiger partial charge in [0.05, 0.1) is 39.6 Å². The van der Waals surface area contributed by atoms with Gasteiger partial charge in [0.2, 0.25) is 0 Å². The maximum atomic E-state index is 13.6. The number of aromatic nitrogens is 2. The molecule has 388 valence electrons. The molecule has 0 spiro atoms. The number of hydrogen-bond donors (Lipinski definition) is 6. The number of rotatable bonds is 20. The summed E-state index contributed by atoms with van der Waals surface area (Å²) in [5.74, 6) is -1.37. The van der Waals surface area contributed by atoms with Crippen LogP contribution in [0.2, 0.25) is 0 Å². The quantitative estimate of drug-likeness (QED) is 0.0311. The Kier molecular flexibility index (Phi) is 18.7. The third kappa shape index (κ3) is 13.4. The van der Waals surface area contributed by atoms with Gasteiger partial charge in [0.15, 0.2) is 6.23 Å². The molecule has 0 bridgehead atoms. The van der Waals surface area contributed by atoms with E-state index in [2.05, 4.69) is 56.6 Å². The maximum absolute atomic E-state index is 13.6. The molecule has 2 aromatic carbocycles. The highest BCUT2D eigenvalue weighted by Crippen LogP contribution is 2.49. The molecule has 0 radical (unpaired) electrons. The van der Waals surface area contributed by atoms with Crippen molar-refractivity contribution < 1.29 is 70.8 Å². The lowest BCUT2D eigenvalue weighted by Crippen LogP contribution is -2.52. The normalized spacial score (nSPS) is 26.9. The second-order valence-electron chi connectivity index (χ2n) is 16.1. The first-order valence-corrected chi connectivity index (χ1v) is 24.4. The van der Waals surface area contributed by atoms with Crippen LogP contribution in [0.5, 0.6) is 11.5 Å².